The predicted octanol–water partition coefficient (Wildman–Crippen LogP) is 5.08. The number of thiazole rings is 1. The molecule has 0 aliphatic rings. The van der Waals surface area contributed by atoms with Gasteiger partial charge >= 0.3 is 0 Å². The van der Waals surface area contributed by atoms with Crippen molar-refractivity contribution >= 4 is 28.5 Å². The van der Waals surface area contributed by atoms with Gasteiger partial charge in [0.05, 0.1) is 6.54 Å². The highest BCUT2D eigenvalue weighted by Crippen LogP contribution is 2.21. The maximum atomic E-state index is 12.3. The number of nitriles is 1. The molecule has 2 aromatic heterocycles. The minimum atomic E-state index is -0.474. The zero-order valence-corrected chi connectivity index (χ0v) is 17.9. The lowest BCUT2D eigenvalue weighted by Crippen LogP contribution is -2.14. The highest BCUT2D eigenvalue weighted by molar-refractivity contribution is 7.13. The molecule has 0 fully saturated rings. The number of rotatable bonds is 9. The topological polar surface area (TPSA) is 79.9 Å². The first-order valence-electron chi connectivity index (χ1n) is 9.81. The first-order chi connectivity index (χ1) is 14.6. The van der Waals surface area contributed by atoms with Gasteiger partial charge in [0, 0.05) is 23.5 Å². The smallest absolute Gasteiger partial charge is 0.268 e. The molecule has 30 heavy (non-hydrogen) atoms. The largest absolute Gasteiger partial charge is 0.492 e. The van der Waals surface area contributed by atoms with Crippen molar-refractivity contribution < 1.29 is 9.53 Å². The summed E-state index contributed by atoms with van der Waals surface area (Å²) in [5.41, 5.74) is 2.09. The molecule has 0 radical (unpaired) electrons. The quantitative estimate of drug-likeness (QED) is 0.387. The molecule has 1 amide bonds. The molecule has 1 unspecified atom stereocenters. The van der Waals surface area contributed by atoms with Gasteiger partial charge in [0.15, 0.2) is 5.13 Å². The molecule has 154 valence electrons. The van der Waals surface area contributed by atoms with Gasteiger partial charge in [-0.15, -0.1) is 11.3 Å². The summed E-state index contributed by atoms with van der Waals surface area (Å²) in [6.45, 7) is 5.46. The monoisotopic (exact) mass is 420 g/mol. The second kappa shape index (κ2) is 10.4. The minimum Gasteiger partial charge on any atom is -0.492 e. The van der Waals surface area contributed by atoms with Crippen LogP contribution >= 0.6 is 11.3 Å². The van der Waals surface area contributed by atoms with Gasteiger partial charge in [-0.3, -0.25) is 10.1 Å². The Morgan fingerprint density at radius 1 is 1.37 bits per heavy atom. The molecule has 0 aliphatic heterocycles. The summed E-state index contributed by atoms with van der Waals surface area (Å²) in [5.74, 6) is 0.889. The van der Waals surface area contributed by atoms with Crippen LogP contribution in [0.5, 0.6) is 5.75 Å². The lowest BCUT2D eigenvalue weighted by Gasteiger charge is -2.12. The van der Waals surface area contributed by atoms with Crippen molar-refractivity contribution in [2.45, 2.75) is 32.7 Å². The summed E-state index contributed by atoms with van der Waals surface area (Å²) in [6, 6.07) is 13.9. The number of hydrogen-bond donors (Lipinski definition) is 1. The summed E-state index contributed by atoms with van der Waals surface area (Å²) >= 11 is 1.30. The van der Waals surface area contributed by atoms with E-state index in [-0.39, 0.29) is 5.57 Å². The molecule has 0 saturated heterocycles. The summed E-state index contributed by atoms with van der Waals surface area (Å²) in [6.07, 6.45) is 6.18. The number of amides is 1. The van der Waals surface area contributed by atoms with Crippen molar-refractivity contribution in [1.29, 1.82) is 5.26 Å². The van der Waals surface area contributed by atoms with Gasteiger partial charge in [0.25, 0.3) is 5.91 Å². The van der Waals surface area contributed by atoms with E-state index in [9.17, 15) is 10.1 Å². The fourth-order valence-corrected chi connectivity index (χ4v) is 3.42. The third-order valence-corrected chi connectivity index (χ3v) is 5.53. The van der Waals surface area contributed by atoms with Crippen LogP contribution in [0.4, 0.5) is 5.13 Å². The molecule has 3 aromatic rings. The second-order valence-electron chi connectivity index (χ2n) is 6.81. The van der Waals surface area contributed by atoms with Gasteiger partial charge in [-0.25, -0.2) is 4.98 Å². The number of benzene rings is 1. The Bertz CT molecular complexity index is 1030. The Morgan fingerprint density at radius 3 is 2.83 bits per heavy atom. The van der Waals surface area contributed by atoms with E-state index in [0.29, 0.717) is 24.2 Å². The second-order valence-corrected chi connectivity index (χ2v) is 7.71. The van der Waals surface area contributed by atoms with Crippen LogP contribution in [0.25, 0.3) is 6.08 Å². The number of nitrogens with zero attached hydrogens (tertiary/aromatic N) is 3. The maximum Gasteiger partial charge on any atom is 0.268 e. The van der Waals surface area contributed by atoms with Crippen LogP contribution in [0.3, 0.4) is 0 Å². The van der Waals surface area contributed by atoms with Crippen LogP contribution < -0.4 is 10.1 Å². The average molecular weight is 421 g/mol. The zero-order valence-electron chi connectivity index (χ0n) is 17.0. The third-order valence-electron chi connectivity index (χ3n) is 4.84. The average Bonchev–Trinajstić information content (AvgIpc) is 3.44. The summed E-state index contributed by atoms with van der Waals surface area (Å²) in [5, 5.41) is 14.2. The first-order valence-corrected chi connectivity index (χ1v) is 10.7. The van der Waals surface area contributed by atoms with Crippen molar-refractivity contribution in [3.63, 3.8) is 0 Å². The van der Waals surface area contributed by atoms with Crippen molar-refractivity contribution in [3.05, 3.63) is 71.0 Å². The molecule has 0 spiro atoms. The maximum absolute atomic E-state index is 12.3. The number of ether oxygens (including phenoxy) is 1. The number of aromatic nitrogens is 2. The Morgan fingerprint density at radius 2 is 2.17 bits per heavy atom. The summed E-state index contributed by atoms with van der Waals surface area (Å²) < 4.78 is 7.80. The molecule has 1 N–H and O–H groups in total. The fraction of sp³-hybridized carbons (Fsp3) is 0.261. The normalized spacial score (nSPS) is 12.2. The van der Waals surface area contributed by atoms with Crippen molar-refractivity contribution in [1.82, 2.24) is 9.55 Å². The summed E-state index contributed by atoms with van der Waals surface area (Å²) in [7, 11) is 0. The molecule has 3 rings (SSSR count). The van der Waals surface area contributed by atoms with E-state index in [2.05, 4.69) is 36.3 Å². The van der Waals surface area contributed by atoms with E-state index < -0.39 is 5.91 Å². The molecular weight excluding hydrogens is 396 g/mol. The molecule has 0 bridgehead atoms. The molecule has 2 heterocycles. The SMILES string of the molecule is CCC(C)c1ccc(OCCn2cccc2/C=C(/C#N)C(=O)Nc2nccs2)cc1. The molecule has 1 atom stereocenters. The molecule has 6 nitrogen and oxygen atoms in total. The van der Waals surface area contributed by atoms with Gasteiger partial charge in [-0.2, -0.15) is 5.26 Å². The van der Waals surface area contributed by atoms with Crippen molar-refractivity contribution in [2.24, 2.45) is 0 Å². The predicted molar refractivity (Wildman–Crippen MR) is 119 cm³/mol. The van der Waals surface area contributed by atoms with Gasteiger partial charge in [0.1, 0.15) is 24.0 Å². The van der Waals surface area contributed by atoms with E-state index >= 15 is 0 Å². The lowest BCUT2D eigenvalue weighted by atomic mass is 9.99. The molecule has 1 aromatic carbocycles. The van der Waals surface area contributed by atoms with Crippen LogP contribution in [0.1, 0.15) is 37.4 Å². The van der Waals surface area contributed by atoms with Crippen molar-refractivity contribution in [3.8, 4) is 11.8 Å². The van der Waals surface area contributed by atoms with E-state index in [4.69, 9.17) is 4.74 Å². The zero-order chi connectivity index (χ0) is 21.3. The Labute approximate surface area is 180 Å². The summed E-state index contributed by atoms with van der Waals surface area (Å²) in [4.78, 5) is 16.3. The molecule has 0 aliphatic carbocycles. The number of carbonyl (C=O) groups is 1. The van der Waals surface area contributed by atoms with Gasteiger partial charge in [-0.1, -0.05) is 26.0 Å². The van der Waals surface area contributed by atoms with Crippen molar-refractivity contribution in [2.75, 3.05) is 11.9 Å². The van der Waals surface area contributed by atoms with Gasteiger partial charge in [0.2, 0.25) is 0 Å². The van der Waals surface area contributed by atoms with Crippen LogP contribution in [-0.2, 0) is 11.3 Å². The number of carbonyl (C=O) groups excluding carboxylic acids is 1. The van der Waals surface area contributed by atoms with Gasteiger partial charge < -0.3 is 9.30 Å². The van der Waals surface area contributed by atoms with E-state index in [1.54, 1.807) is 17.7 Å². The van der Waals surface area contributed by atoms with Crippen LogP contribution in [0.2, 0.25) is 0 Å². The minimum absolute atomic E-state index is 0.0201. The van der Waals surface area contributed by atoms with E-state index in [1.807, 2.05) is 41.1 Å². The lowest BCUT2D eigenvalue weighted by molar-refractivity contribution is -0.112. The number of anilines is 1. The molecular formula is C23H24N4O2S. The Kier molecular flexibility index (Phi) is 7.41. The standard InChI is InChI=1S/C23H24N4O2S/c1-3-17(2)18-6-8-21(9-7-18)29-13-12-27-11-4-5-20(27)15-19(16-24)22(28)26-23-25-10-14-30-23/h4-11,14-15,17H,3,12-13H2,1-2H3,(H,25,26,28)/b19-15-. The Balaban J connectivity index is 1.60. The number of nitrogens with one attached hydrogen (secondary N) is 1. The molecule has 7 heteroatoms. The number of hydrogen-bond acceptors (Lipinski definition) is 5. The highest BCUT2D eigenvalue weighted by atomic mass is 32.1. The Hall–Kier alpha value is -3.37. The van der Waals surface area contributed by atoms with E-state index in [0.717, 1.165) is 17.9 Å². The van der Waals surface area contributed by atoms with Crippen LogP contribution in [-0.4, -0.2) is 22.1 Å². The first kappa shape index (κ1) is 21.3. The third kappa shape index (κ3) is 5.58. The fourth-order valence-electron chi connectivity index (χ4n) is 2.90. The van der Waals surface area contributed by atoms with Crippen LogP contribution in [0, 0.1) is 11.3 Å². The van der Waals surface area contributed by atoms with E-state index in [1.165, 1.54) is 16.9 Å². The highest BCUT2D eigenvalue weighted by Gasteiger charge is 2.12. The molecule has 0 saturated carbocycles. The van der Waals surface area contributed by atoms with Crippen LogP contribution in [0.15, 0.2) is 59.7 Å². The van der Waals surface area contributed by atoms with Gasteiger partial charge in [-0.05, 0) is 48.2 Å².